The molecule has 3 rings (SSSR count). The van der Waals surface area contributed by atoms with Crippen LogP contribution in [0.25, 0.3) is 11.3 Å². The van der Waals surface area contributed by atoms with Crippen molar-refractivity contribution in [3.05, 3.63) is 48.0 Å². The van der Waals surface area contributed by atoms with Gasteiger partial charge in [-0.3, -0.25) is 4.79 Å². The number of furan rings is 1. The van der Waals surface area contributed by atoms with Crippen molar-refractivity contribution in [2.75, 3.05) is 26.7 Å². The number of halogens is 2. The van der Waals surface area contributed by atoms with Gasteiger partial charge >= 0.3 is 0 Å². The van der Waals surface area contributed by atoms with Gasteiger partial charge in [-0.2, -0.15) is 0 Å². The SMILES string of the molecule is CNCC1CCCN(C(=O)CCc2ccc(-c3ccccc3F)o2)C1.Cl. The number of carbonyl (C=O) groups is 1. The minimum Gasteiger partial charge on any atom is -0.461 e. The molecule has 1 amide bonds. The van der Waals surface area contributed by atoms with Gasteiger partial charge in [0.1, 0.15) is 17.3 Å². The quantitative estimate of drug-likeness (QED) is 0.826. The van der Waals surface area contributed by atoms with Crippen molar-refractivity contribution in [3.8, 4) is 11.3 Å². The van der Waals surface area contributed by atoms with E-state index in [0.29, 0.717) is 30.1 Å². The van der Waals surface area contributed by atoms with Gasteiger partial charge in [-0.05, 0) is 56.6 Å². The third-order valence-corrected chi connectivity index (χ3v) is 4.75. The predicted octanol–water partition coefficient (Wildman–Crippen LogP) is 3.90. The highest BCUT2D eigenvalue weighted by molar-refractivity contribution is 5.85. The van der Waals surface area contributed by atoms with Crippen LogP contribution < -0.4 is 5.32 Å². The summed E-state index contributed by atoms with van der Waals surface area (Å²) < 4.78 is 19.5. The number of nitrogens with one attached hydrogen (secondary N) is 1. The van der Waals surface area contributed by atoms with Crippen molar-refractivity contribution in [1.29, 1.82) is 0 Å². The summed E-state index contributed by atoms with van der Waals surface area (Å²) in [5, 5.41) is 3.19. The number of rotatable bonds is 6. The minimum absolute atomic E-state index is 0. The summed E-state index contributed by atoms with van der Waals surface area (Å²) in [4.78, 5) is 14.4. The first-order valence-electron chi connectivity index (χ1n) is 8.93. The van der Waals surface area contributed by atoms with Gasteiger partial charge in [0, 0.05) is 25.9 Å². The molecule has 142 valence electrons. The smallest absolute Gasteiger partial charge is 0.223 e. The van der Waals surface area contributed by atoms with E-state index in [2.05, 4.69) is 5.32 Å². The van der Waals surface area contributed by atoms with Crippen LogP contribution in [0, 0.1) is 11.7 Å². The van der Waals surface area contributed by atoms with Crippen LogP contribution in [0.3, 0.4) is 0 Å². The lowest BCUT2D eigenvalue weighted by molar-refractivity contribution is -0.133. The first-order chi connectivity index (χ1) is 12.2. The molecule has 1 aliphatic rings. The van der Waals surface area contributed by atoms with Crippen LogP contribution >= 0.6 is 12.4 Å². The summed E-state index contributed by atoms with van der Waals surface area (Å²) in [5.41, 5.74) is 0.450. The van der Waals surface area contributed by atoms with E-state index in [-0.39, 0.29) is 24.1 Å². The molecular weight excluding hydrogens is 355 g/mol. The molecule has 1 N–H and O–H groups in total. The van der Waals surface area contributed by atoms with Gasteiger partial charge in [0.25, 0.3) is 0 Å². The Kier molecular flexibility index (Phi) is 7.66. The maximum Gasteiger partial charge on any atom is 0.223 e. The first kappa shape index (κ1) is 20.5. The lowest BCUT2D eigenvalue weighted by atomic mass is 9.97. The Labute approximate surface area is 160 Å². The van der Waals surface area contributed by atoms with Gasteiger partial charge in [0.2, 0.25) is 5.91 Å². The van der Waals surface area contributed by atoms with E-state index in [1.807, 2.05) is 18.0 Å². The summed E-state index contributed by atoms with van der Waals surface area (Å²) >= 11 is 0. The molecule has 2 aromatic rings. The van der Waals surface area contributed by atoms with E-state index in [1.54, 1.807) is 24.3 Å². The molecule has 1 fully saturated rings. The number of piperidine rings is 1. The second-order valence-corrected chi connectivity index (χ2v) is 6.65. The second kappa shape index (κ2) is 9.74. The Balaban J connectivity index is 0.00000243. The maximum absolute atomic E-state index is 13.8. The van der Waals surface area contributed by atoms with Crippen LogP contribution in [0.4, 0.5) is 4.39 Å². The van der Waals surface area contributed by atoms with Crippen LogP contribution in [0.1, 0.15) is 25.0 Å². The van der Waals surface area contributed by atoms with Crippen molar-refractivity contribution in [1.82, 2.24) is 10.2 Å². The number of hydrogen-bond acceptors (Lipinski definition) is 3. The number of hydrogen-bond donors (Lipinski definition) is 1. The molecule has 0 bridgehead atoms. The van der Waals surface area contributed by atoms with Crippen molar-refractivity contribution >= 4 is 18.3 Å². The largest absolute Gasteiger partial charge is 0.461 e. The number of carbonyl (C=O) groups excluding carboxylic acids is 1. The third kappa shape index (κ3) is 5.08. The Morgan fingerprint density at radius 3 is 2.88 bits per heavy atom. The fourth-order valence-electron chi connectivity index (χ4n) is 3.45. The van der Waals surface area contributed by atoms with E-state index >= 15 is 0 Å². The van der Waals surface area contributed by atoms with E-state index in [4.69, 9.17) is 4.42 Å². The predicted molar refractivity (Wildman–Crippen MR) is 103 cm³/mol. The molecule has 26 heavy (non-hydrogen) atoms. The number of aryl methyl sites for hydroxylation is 1. The standard InChI is InChI=1S/C20H25FN2O2.ClH/c1-22-13-15-5-4-12-23(14-15)20(24)11-9-16-8-10-19(25-16)17-6-2-3-7-18(17)21;/h2-3,6-8,10,15,22H,4-5,9,11-14H2,1H3;1H. The summed E-state index contributed by atoms with van der Waals surface area (Å²) in [6.45, 7) is 2.63. The van der Waals surface area contributed by atoms with Gasteiger partial charge in [-0.25, -0.2) is 4.39 Å². The number of amides is 1. The van der Waals surface area contributed by atoms with Crippen LogP contribution in [-0.2, 0) is 11.2 Å². The zero-order valence-corrected chi connectivity index (χ0v) is 15.9. The Morgan fingerprint density at radius 2 is 2.12 bits per heavy atom. The normalized spacial score (nSPS) is 17.0. The zero-order chi connectivity index (χ0) is 17.6. The first-order valence-corrected chi connectivity index (χ1v) is 8.93. The summed E-state index contributed by atoms with van der Waals surface area (Å²) in [6, 6.07) is 10.1. The second-order valence-electron chi connectivity index (χ2n) is 6.65. The van der Waals surface area contributed by atoms with Crippen molar-refractivity contribution in [2.45, 2.75) is 25.7 Å². The van der Waals surface area contributed by atoms with E-state index < -0.39 is 0 Å². The molecule has 4 nitrogen and oxygen atoms in total. The number of likely N-dealkylation sites (tertiary alicyclic amines) is 1. The van der Waals surface area contributed by atoms with Crippen LogP contribution in [0.5, 0.6) is 0 Å². The van der Waals surface area contributed by atoms with Crippen molar-refractivity contribution in [3.63, 3.8) is 0 Å². The average molecular weight is 381 g/mol. The summed E-state index contributed by atoms with van der Waals surface area (Å²) in [7, 11) is 1.95. The minimum atomic E-state index is -0.302. The molecular formula is C20H26ClFN2O2. The molecule has 0 spiro atoms. The maximum atomic E-state index is 13.8. The number of benzene rings is 1. The van der Waals surface area contributed by atoms with Gasteiger partial charge < -0.3 is 14.6 Å². The molecule has 0 radical (unpaired) electrons. The third-order valence-electron chi connectivity index (χ3n) is 4.75. The van der Waals surface area contributed by atoms with Crippen molar-refractivity contribution < 1.29 is 13.6 Å². The monoisotopic (exact) mass is 380 g/mol. The topological polar surface area (TPSA) is 45.5 Å². The molecule has 1 saturated heterocycles. The lowest BCUT2D eigenvalue weighted by Gasteiger charge is -2.32. The van der Waals surface area contributed by atoms with E-state index in [1.165, 1.54) is 12.5 Å². The fraction of sp³-hybridized carbons (Fsp3) is 0.450. The van der Waals surface area contributed by atoms with Crippen LogP contribution in [0.15, 0.2) is 40.8 Å². The molecule has 2 heterocycles. The van der Waals surface area contributed by atoms with Crippen LogP contribution in [-0.4, -0.2) is 37.5 Å². The van der Waals surface area contributed by atoms with Crippen LogP contribution in [0.2, 0.25) is 0 Å². The molecule has 1 atom stereocenters. The Hall–Kier alpha value is -1.85. The fourth-order valence-corrected chi connectivity index (χ4v) is 3.45. The highest BCUT2D eigenvalue weighted by Crippen LogP contribution is 2.25. The van der Waals surface area contributed by atoms with Gasteiger partial charge in [0.15, 0.2) is 0 Å². The molecule has 1 unspecified atom stereocenters. The molecule has 0 aliphatic carbocycles. The Morgan fingerprint density at radius 1 is 1.31 bits per heavy atom. The highest BCUT2D eigenvalue weighted by Gasteiger charge is 2.23. The molecule has 1 aromatic heterocycles. The van der Waals surface area contributed by atoms with Gasteiger partial charge in [-0.1, -0.05) is 12.1 Å². The highest BCUT2D eigenvalue weighted by atomic mass is 35.5. The van der Waals surface area contributed by atoms with E-state index in [0.717, 1.165) is 31.8 Å². The summed E-state index contributed by atoms with van der Waals surface area (Å²) in [6.07, 6.45) is 3.21. The van der Waals surface area contributed by atoms with Gasteiger partial charge in [-0.15, -0.1) is 12.4 Å². The average Bonchev–Trinajstić information content (AvgIpc) is 3.09. The lowest BCUT2D eigenvalue weighted by Crippen LogP contribution is -2.42. The van der Waals surface area contributed by atoms with Gasteiger partial charge in [0.05, 0.1) is 5.56 Å². The summed E-state index contributed by atoms with van der Waals surface area (Å²) in [5.74, 6) is 1.63. The van der Waals surface area contributed by atoms with Crippen molar-refractivity contribution in [2.24, 2.45) is 5.92 Å². The molecule has 0 saturated carbocycles. The molecule has 6 heteroatoms. The number of nitrogens with zero attached hydrogens (tertiary/aromatic N) is 1. The Bertz CT molecular complexity index is 717. The van der Waals surface area contributed by atoms with E-state index in [9.17, 15) is 9.18 Å². The zero-order valence-electron chi connectivity index (χ0n) is 15.0. The molecule has 1 aliphatic heterocycles. The molecule has 1 aromatic carbocycles.